The minimum atomic E-state index is -0.100. The summed E-state index contributed by atoms with van der Waals surface area (Å²) in [6.07, 6.45) is 1.80. The van der Waals surface area contributed by atoms with Crippen LogP contribution >= 0.6 is 11.6 Å². The van der Waals surface area contributed by atoms with Crippen LogP contribution in [0.15, 0.2) is 28.8 Å². The van der Waals surface area contributed by atoms with E-state index in [4.69, 9.17) is 21.9 Å². The molecule has 2 heterocycles. The van der Waals surface area contributed by atoms with Gasteiger partial charge in [0.05, 0.1) is 22.3 Å². The second kappa shape index (κ2) is 5.41. The summed E-state index contributed by atoms with van der Waals surface area (Å²) in [6.45, 7) is 2.55. The molecule has 1 aromatic carbocycles. The zero-order valence-corrected chi connectivity index (χ0v) is 12.4. The number of anilines is 1. The summed E-state index contributed by atoms with van der Waals surface area (Å²) in [7, 11) is 0. The van der Waals surface area contributed by atoms with Crippen LogP contribution in [0.1, 0.15) is 40.7 Å². The van der Waals surface area contributed by atoms with E-state index < -0.39 is 0 Å². The van der Waals surface area contributed by atoms with Crippen molar-refractivity contribution in [2.24, 2.45) is 0 Å². The minimum absolute atomic E-state index is 0.0766. The Morgan fingerprint density at radius 1 is 1.48 bits per heavy atom. The topological polar surface area (TPSA) is 72.4 Å². The third kappa shape index (κ3) is 2.61. The molecule has 3 rings (SSSR count). The number of aryl methyl sites for hydroxylation is 1. The Morgan fingerprint density at radius 3 is 2.95 bits per heavy atom. The van der Waals surface area contributed by atoms with Gasteiger partial charge in [-0.3, -0.25) is 4.79 Å². The van der Waals surface area contributed by atoms with Crippen molar-refractivity contribution in [3.05, 3.63) is 46.3 Å². The largest absolute Gasteiger partial charge is 0.399 e. The highest BCUT2D eigenvalue weighted by Crippen LogP contribution is 2.34. The van der Waals surface area contributed by atoms with E-state index >= 15 is 0 Å². The third-order valence-electron chi connectivity index (χ3n) is 3.71. The maximum Gasteiger partial charge on any atom is 0.255 e. The second-order valence-electron chi connectivity index (χ2n) is 5.27. The number of rotatable bonds is 2. The molecule has 1 aromatic heterocycles. The predicted molar refractivity (Wildman–Crippen MR) is 80.1 cm³/mol. The summed E-state index contributed by atoms with van der Waals surface area (Å²) in [4.78, 5) is 14.5. The molecule has 2 aromatic rings. The molecule has 1 saturated heterocycles. The van der Waals surface area contributed by atoms with Crippen LogP contribution in [-0.4, -0.2) is 22.5 Å². The van der Waals surface area contributed by atoms with Crippen molar-refractivity contribution in [2.75, 3.05) is 12.3 Å². The summed E-state index contributed by atoms with van der Waals surface area (Å²) in [6, 6.07) is 6.75. The molecule has 0 spiro atoms. The van der Waals surface area contributed by atoms with Crippen LogP contribution in [0.25, 0.3) is 0 Å². The first-order chi connectivity index (χ1) is 10.1. The van der Waals surface area contributed by atoms with Crippen molar-refractivity contribution in [2.45, 2.75) is 25.8 Å². The lowest BCUT2D eigenvalue weighted by Crippen LogP contribution is -2.30. The average Bonchev–Trinajstić information content (AvgIpc) is 3.06. The maximum absolute atomic E-state index is 12.7. The van der Waals surface area contributed by atoms with Crippen LogP contribution in [-0.2, 0) is 0 Å². The molecule has 110 valence electrons. The maximum atomic E-state index is 12.7. The van der Waals surface area contributed by atoms with Gasteiger partial charge >= 0.3 is 0 Å². The fraction of sp³-hybridized carbons (Fsp3) is 0.333. The van der Waals surface area contributed by atoms with Gasteiger partial charge in [-0.2, -0.15) is 0 Å². The Balaban J connectivity index is 1.89. The number of nitrogen functional groups attached to an aromatic ring is 1. The number of amides is 1. The van der Waals surface area contributed by atoms with Gasteiger partial charge in [0.1, 0.15) is 0 Å². The van der Waals surface area contributed by atoms with Crippen LogP contribution in [0.3, 0.4) is 0 Å². The van der Waals surface area contributed by atoms with E-state index in [1.807, 2.05) is 13.0 Å². The summed E-state index contributed by atoms with van der Waals surface area (Å²) < 4.78 is 5.32. The zero-order chi connectivity index (χ0) is 15.0. The van der Waals surface area contributed by atoms with Gasteiger partial charge in [0, 0.05) is 18.3 Å². The van der Waals surface area contributed by atoms with Gasteiger partial charge in [0.15, 0.2) is 5.76 Å². The molecule has 1 unspecified atom stereocenters. The van der Waals surface area contributed by atoms with E-state index in [2.05, 4.69) is 5.16 Å². The summed E-state index contributed by atoms with van der Waals surface area (Å²) in [5.41, 5.74) is 7.49. The first kappa shape index (κ1) is 13.9. The molecule has 2 N–H and O–H groups in total. The van der Waals surface area contributed by atoms with Gasteiger partial charge in [0.2, 0.25) is 0 Å². The quantitative estimate of drug-likeness (QED) is 0.865. The van der Waals surface area contributed by atoms with Crippen molar-refractivity contribution in [1.29, 1.82) is 0 Å². The average molecular weight is 306 g/mol. The number of nitrogens with zero attached hydrogens (tertiary/aromatic N) is 2. The smallest absolute Gasteiger partial charge is 0.255 e. The first-order valence-electron chi connectivity index (χ1n) is 6.85. The summed E-state index contributed by atoms with van der Waals surface area (Å²) in [5.74, 6) is 0.626. The van der Waals surface area contributed by atoms with Gasteiger partial charge < -0.3 is 15.2 Å². The van der Waals surface area contributed by atoms with Crippen molar-refractivity contribution in [3.63, 3.8) is 0 Å². The standard InChI is InChI=1S/C15H16ClN3O2/c1-9-7-14(21-18-9)13-3-2-6-19(13)15(20)11-5-4-10(17)8-12(11)16/h4-5,7-8,13H,2-3,6,17H2,1H3. The van der Waals surface area contributed by atoms with E-state index in [0.717, 1.165) is 24.3 Å². The number of hydrogen-bond donors (Lipinski definition) is 1. The molecule has 6 heteroatoms. The number of hydrogen-bond acceptors (Lipinski definition) is 4. The number of carbonyl (C=O) groups is 1. The minimum Gasteiger partial charge on any atom is -0.399 e. The molecule has 1 aliphatic rings. The monoisotopic (exact) mass is 305 g/mol. The van der Waals surface area contributed by atoms with Crippen molar-refractivity contribution in [1.82, 2.24) is 10.1 Å². The SMILES string of the molecule is Cc1cc(C2CCCN2C(=O)c2ccc(N)cc2Cl)on1. The lowest BCUT2D eigenvalue weighted by Gasteiger charge is -2.23. The van der Waals surface area contributed by atoms with E-state index in [0.29, 0.717) is 22.8 Å². The van der Waals surface area contributed by atoms with Crippen LogP contribution in [0.5, 0.6) is 0 Å². The number of aromatic nitrogens is 1. The van der Waals surface area contributed by atoms with Gasteiger partial charge in [-0.15, -0.1) is 0 Å². The molecule has 0 saturated carbocycles. The molecule has 21 heavy (non-hydrogen) atoms. The van der Waals surface area contributed by atoms with Crippen LogP contribution in [0.4, 0.5) is 5.69 Å². The Hall–Kier alpha value is -2.01. The third-order valence-corrected chi connectivity index (χ3v) is 4.02. The van der Waals surface area contributed by atoms with Gasteiger partial charge in [-0.05, 0) is 38.0 Å². The van der Waals surface area contributed by atoms with E-state index in [9.17, 15) is 4.79 Å². The molecular weight excluding hydrogens is 290 g/mol. The lowest BCUT2D eigenvalue weighted by molar-refractivity contribution is 0.0715. The van der Waals surface area contributed by atoms with Crippen LogP contribution in [0, 0.1) is 6.92 Å². The number of benzene rings is 1. The Labute approximate surface area is 127 Å². The summed E-state index contributed by atoms with van der Waals surface area (Å²) >= 11 is 6.14. The molecule has 1 amide bonds. The van der Waals surface area contributed by atoms with Gasteiger partial charge in [-0.1, -0.05) is 16.8 Å². The van der Waals surface area contributed by atoms with Crippen molar-refractivity contribution >= 4 is 23.2 Å². The molecule has 0 bridgehead atoms. The molecular formula is C15H16ClN3O2. The number of likely N-dealkylation sites (tertiary alicyclic amines) is 1. The normalized spacial score (nSPS) is 18.2. The van der Waals surface area contributed by atoms with Crippen molar-refractivity contribution < 1.29 is 9.32 Å². The van der Waals surface area contributed by atoms with Crippen LogP contribution < -0.4 is 5.73 Å². The first-order valence-corrected chi connectivity index (χ1v) is 7.23. The molecule has 5 nitrogen and oxygen atoms in total. The Kier molecular flexibility index (Phi) is 3.59. The molecule has 1 aliphatic heterocycles. The zero-order valence-electron chi connectivity index (χ0n) is 11.7. The highest BCUT2D eigenvalue weighted by atomic mass is 35.5. The number of carbonyl (C=O) groups excluding carboxylic acids is 1. The van der Waals surface area contributed by atoms with E-state index in [-0.39, 0.29) is 11.9 Å². The highest BCUT2D eigenvalue weighted by molar-refractivity contribution is 6.34. The molecule has 1 fully saturated rings. The predicted octanol–water partition coefficient (Wildman–Crippen LogP) is 3.20. The van der Waals surface area contributed by atoms with E-state index in [1.165, 1.54) is 0 Å². The van der Waals surface area contributed by atoms with Crippen molar-refractivity contribution in [3.8, 4) is 0 Å². The fourth-order valence-electron chi connectivity index (χ4n) is 2.71. The van der Waals surface area contributed by atoms with Crippen LogP contribution in [0.2, 0.25) is 5.02 Å². The molecule has 0 aliphatic carbocycles. The Bertz CT molecular complexity index is 683. The molecule has 1 atom stereocenters. The fourth-order valence-corrected chi connectivity index (χ4v) is 2.98. The second-order valence-corrected chi connectivity index (χ2v) is 5.67. The highest BCUT2D eigenvalue weighted by Gasteiger charge is 2.33. The van der Waals surface area contributed by atoms with Gasteiger partial charge in [0.25, 0.3) is 5.91 Å². The number of halogens is 1. The Morgan fingerprint density at radius 2 is 2.29 bits per heavy atom. The van der Waals surface area contributed by atoms with Gasteiger partial charge in [-0.25, -0.2) is 0 Å². The lowest BCUT2D eigenvalue weighted by atomic mass is 10.1. The van der Waals surface area contributed by atoms with E-state index in [1.54, 1.807) is 23.1 Å². The molecule has 0 radical (unpaired) electrons. The summed E-state index contributed by atoms with van der Waals surface area (Å²) in [5, 5.41) is 4.28. The number of nitrogens with two attached hydrogens (primary N) is 1.